The maximum Gasteiger partial charge on any atom is 0.0667 e. The molecular formula is C21H32N2O. The van der Waals surface area contributed by atoms with Gasteiger partial charge in [-0.15, -0.1) is 0 Å². The van der Waals surface area contributed by atoms with Gasteiger partial charge >= 0.3 is 0 Å². The van der Waals surface area contributed by atoms with E-state index in [4.69, 9.17) is 0 Å². The van der Waals surface area contributed by atoms with Crippen molar-refractivity contribution in [3.05, 3.63) is 59.9 Å². The van der Waals surface area contributed by atoms with Crippen molar-refractivity contribution in [3.63, 3.8) is 0 Å². The average molecular weight is 329 g/mol. The topological polar surface area (TPSA) is 28.4 Å². The molecule has 0 radical (unpaired) electrons. The third kappa shape index (κ3) is 6.14. The van der Waals surface area contributed by atoms with Crippen LogP contribution in [0.1, 0.15) is 44.9 Å². The van der Waals surface area contributed by atoms with Crippen LogP contribution in [-0.2, 0) is 13.1 Å². The fourth-order valence-electron chi connectivity index (χ4n) is 3.20. The molecule has 0 bridgehead atoms. The molecule has 0 amide bonds. The van der Waals surface area contributed by atoms with Crippen LogP contribution in [0.2, 0.25) is 0 Å². The van der Waals surface area contributed by atoms with E-state index in [1.807, 2.05) is 0 Å². The van der Waals surface area contributed by atoms with E-state index in [1.165, 1.54) is 11.3 Å². The number of aliphatic hydroxyl groups is 1. The van der Waals surface area contributed by atoms with E-state index in [0.717, 1.165) is 39.0 Å². The lowest BCUT2D eigenvalue weighted by Crippen LogP contribution is -2.35. The second kappa shape index (κ2) is 9.65. The highest BCUT2D eigenvalue weighted by Crippen LogP contribution is 2.13. The van der Waals surface area contributed by atoms with E-state index >= 15 is 0 Å². The van der Waals surface area contributed by atoms with E-state index in [9.17, 15) is 5.11 Å². The van der Waals surface area contributed by atoms with Crippen molar-refractivity contribution >= 4 is 0 Å². The maximum atomic E-state index is 10.2. The van der Waals surface area contributed by atoms with Crippen molar-refractivity contribution in [1.82, 2.24) is 9.47 Å². The number of aromatic nitrogens is 1. The Morgan fingerprint density at radius 1 is 1.04 bits per heavy atom. The second-order valence-corrected chi connectivity index (χ2v) is 7.14. The molecule has 0 aliphatic carbocycles. The smallest absolute Gasteiger partial charge is 0.0667 e. The first-order valence-corrected chi connectivity index (χ1v) is 9.16. The minimum Gasteiger partial charge on any atom is -0.392 e. The zero-order valence-corrected chi connectivity index (χ0v) is 15.4. The van der Waals surface area contributed by atoms with Crippen LogP contribution in [0.25, 0.3) is 0 Å². The molecule has 1 N–H and O–H groups in total. The van der Waals surface area contributed by atoms with Gasteiger partial charge in [0, 0.05) is 38.1 Å². The molecule has 1 heterocycles. The largest absolute Gasteiger partial charge is 0.392 e. The van der Waals surface area contributed by atoms with Crippen LogP contribution >= 0.6 is 0 Å². The first-order valence-electron chi connectivity index (χ1n) is 9.16. The van der Waals surface area contributed by atoms with Gasteiger partial charge in [0.1, 0.15) is 0 Å². The zero-order chi connectivity index (χ0) is 17.4. The summed E-state index contributed by atoms with van der Waals surface area (Å²) in [6, 6.07) is 14.9. The van der Waals surface area contributed by atoms with Gasteiger partial charge in [-0.2, -0.15) is 0 Å². The first-order chi connectivity index (χ1) is 11.6. The third-order valence-electron chi connectivity index (χ3n) is 4.22. The Hall–Kier alpha value is -1.58. The molecule has 0 unspecified atom stereocenters. The lowest BCUT2D eigenvalue weighted by atomic mass is 10.1. The standard InChI is InChI=1S/C21H32N2O/c1-4-9-21(24)17-22(14-18(2)3)16-20-12-8-13-23(20)15-19-10-6-5-7-11-19/h5-8,10-13,18,21,24H,4,9,14-17H2,1-3H3/t21-/m1/s1. The summed E-state index contributed by atoms with van der Waals surface area (Å²) in [6.07, 6.45) is 3.82. The number of benzene rings is 1. The van der Waals surface area contributed by atoms with Gasteiger partial charge < -0.3 is 9.67 Å². The van der Waals surface area contributed by atoms with Crippen LogP contribution < -0.4 is 0 Å². The molecule has 2 rings (SSSR count). The Kier molecular flexibility index (Phi) is 7.54. The van der Waals surface area contributed by atoms with Crippen molar-refractivity contribution in [2.75, 3.05) is 13.1 Å². The highest BCUT2D eigenvalue weighted by molar-refractivity contribution is 5.17. The molecular weight excluding hydrogens is 296 g/mol. The van der Waals surface area contributed by atoms with E-state index in [1.54, 1.807) is 0 Å². The van der Waals surface area contributed by atoms with Crippen LogP contribution in [0, 0.1) is 5.92 Å². The summed E-state index contributed by atoms with van der Waals surface area (Å²) in [7, 11) is 0. The van der Waals surface area contributed by atoms with Crippen molar-refractivity contribution in [2.45, 2.75) is 52.8 Å². The van der Waals surface area contributed by atoms with Gasteiger partial charge in [-0.3, -0.25) is 4.90 Å². The molecule has 2 aromatic rings. The molecule has 1 atom stereocenters. The highest BCUT2D eigenvalue weighted by atomic mass is 16.3. The van der Waals surface area contributed by atoms with Crippen LogP contribution in [0.5, 0.6) is 0 Å². The Labute approximate surface area is 146 Å². The van der Waals surface area contributed by atoms with Crippen LogP contribution in [0.3, 0.4) is 0 Å². The highest BCUT2D eigenvalue weighted by Gasteiger charge is 2.15. The Bertz CT molecular complexity index is 577. The molecule has 0 spiro atoms. The van der Waals surface area contributed by atoms with Gasteiger partial charge in [0.2, 0.25) is 0 Å². The van der Waals surface area contributed by atoms with Crippen molar-refractivity contribution in [3.8, 4) is 0 Å². The van der Waals surface area contributed by atoms with Gasteiger partial charge in [-0.05, 0) is 30.0 Å². The molecule has 0 aliphatic heterocycles. The fraction of sp³-hybridized carbons (Fsp3) is 0.524. The molecule has 3 nitrogen and oxygen atoms in total. The molecule has 0 saturated heterocycles. The predicted octanol–water partition coefficient (Wildman–Crippen LogP) is 4.16. The predicted molar refractivity (Wildman–Crippen MR) is 101 cm³/mol. The van der Waals surface area contributed by atoms with Crippen molar-refractivity contribution < 1.29 is 5.11 Å². The van der Waals surface area contributed by atoms with E-state index in [2.05, 4.69) is 78.9 Å². The summed E-state index contributed by atoms with van der Waals surface area (Å²) < 4.78 is 2.31. The van der Waals surface area contributed by atoms with Gasteiger partial charge in [0.05, 0.1) is 6.10 Å². The van der Waals surface area contributed by atoms with Crippen LogP contribution in [0.15, 0.2) is 48.7 Å². The summed E-state index contributed by atoms with van der Waals surface area (Å²) in [6.45, 7) is 10.2. The van der Waals surface area contributed by atoms with Crippen LogP contribution in [-0.4, -0.2) is 33.8 Å². The molecule has 0 saturated carbocycles. The minimum atomic E-state index is -0.230. The molecule has 1 aromatic carbocycles. The number of hydrogen-bond donors (Lipinski definition) is 1. The summed E-state index contributed by atoms with van der Waals surface area (Å²) >= 11 is 0. The third-order valence-corrected chi connectivity index (χ3v) is 4.22. The monoisotopic (exact) mass is 328 g/mol. The minimum absolute atomic E-state index is 0.230. The summed E-state index contributed by atoms with van der Waals surface area (Å²) in [5.41, 5.74) is 2.62. The molecule has 0 fully saturated rings. The first kappa shape index (κ1) is 18.8. The molecule has 0 aliphatic rings. The summed E-state index contributed by atoms with van der Waals surface area (Å²) in [4.78, 5) is 2.39. The Morgan fingerprint density at radius 3 is 2.46 bits per heavy atom. The Morgan fingerprint density at radius 2 is 1.79 bits per heavy atom. The van der Waals surface area contributed by atoms with Gasteiger partial charge in [-0.25, -0.2) is 0 Å². The zero-order valence-electron chi connectivity index (χ0n) is 15.4. The summed E-state index contributed by atoms with van der Waals surface area (Å²) in [5, 5.41) is 10.2. The number of aliphatic hydroxyl groups excluding tert-OH is 1. The molecule has 132 valence electrons. The average Bonchev–Trinajstić information content (AvgIpc) is 2.94. The SMILES string of the molecule is CCC[C@@H](O)CN(Cc1cccn1Cc1ccccc1)CC(C)C. The number of hydrogen-bond acceptors (Lipinski definition) is 2. The van der Waals surface area contributed by atoms with Gasteiger partial charge in [0.25, 0.3) is 0 Å². The second-order valence-electron chi connectivity index (χ2n) is 7.14. The fourth-order valence-corrected chi connectivity index (χ4v) is 3.20. The van der Waals surface area contributed by atoms with E-state index in [-0.39, 0.29) is 6.10 Å². The number of rotatable bonds is 10. The lowest BCUT2D eigenvalue weighted by molar-refractivity contribution is 0.0932. The normalized spacial score (nSPS) is 12.9. The molecule has 3 heteroatoms. The van der Waals surface area contributed by atoms with Crippen molar-refractivity contribution in [1.29, 1.82) is 0 Å². The summed E-state index contributed by atoms with van der Waals surface area (Å²) in [5.74, 6) is 0.594. The van der Waals surface area contributed by atoms with Gasteiger partial charge in [0.15, 0.2) is 0 Å². The number of nitrogens with zero attached hydrogens (tertiary/aromatic N) is 2. The lowest BCUT2D eigenvalue weighted by Gasteiger charge is -2.27. The maximum absolute atomic E-state index is 10.2. The quantitative estimate of drug-likeness (QED) is 0.709. The van der Waals surface area contributed by atoms with E-state index < -0.39 is 0 Å². The molecule has 24 heavy (non-hydrogen) atoms. The Balaban J connectivity index is 2.04. The molecule has 1 aromatic heterocycles. The van der Waals surface area contributed by atoms with E-state index in [0.29, 0.717) is 5.92 Å². The van der Waals surface area contributed by atoms with Gasteiger partial charge in [-0.1, -0.05) is 57.5 Å². The van der Waals surface area contributed by atoms with Crippen molar-refractivity contribution in [2.24, 2.45) is 5.92 Å². The van der Waals surface area contributed by atoms with Crippen LogP contribution in [0.4, 0.5) is 0 Å².